The number of anilines is 1. The van der Waals surface area contributed by atoms with Gasteiger partial charge in [0.25, 0.3) is 11.8 Å². The first-order valence-electron chi connectivity index (χ1n) is 18.4. The van der Waals surface area contributed by atoms with Gasteiger partial charge in [-0.1, -0.05) is 36.7 Å². The first-order chi connectivity index (χ1) is 25.5. The number of carbonyl (C=O) groups excluding carboxylic acids is 2. The third-order valence-corrected chi connectivity index (χ3v) is 13.7. The molecule has 1 saturated heterocycles. The number of rotatable bonds is 3. The van der Waals surface area contributed by atoms with Crippen LogP contribution in [0.15, 0.2) is 59.1 Å². The van der Waals surface area contributed by atoms with E-state index in [1.54, 1.807) is 13.1 Å². The Balaban J connectivity index is 1.22. The molecule has 2 aliphatic carbocycles. The molecule has 12 nitrogen and oxygen atoms in total. The van der Waals surface area contributed by atoms with Gasteiger partial charge in [-0.15, -0.1) is 9.46 Å². The molecule has 2 fully saturated rings. The quantitative estimate of drug-likeness (QED) is 0.342. The zero-order valence-electron chi connectivity index (χ0n) is 30.3. The summed E-state index contributed by atoms with van der Waals surface area (Å²) >= 11 is 6.46. The van der Waals surface area contributed by atoms with Crippen LogP contribution in [0.1, 0.15) is 64.4 Å². The molecule has 53 heavy (non-hydrogen) atoms. The fourth-order valence-corrected chi connectivity index (χ4v) is 10.9. The van der Waals surface area contributed by atoms with E-state index in [0.717, 1.165) is 49.4 Å². The predicted molar refractivity (Wildman–Crippen MR) is 201 cm³/mol. The number of ether oxygens (including phenoxy) is 4. The number of hydrogen-bond acceptors (Lipinski definition) is 9. The maximum absolute atomic E-state index is 14.9. The monoisotopic (exact) mass is 763 g/mol. The van der Waals surface area contributed by atoms with Crippen LogP contribution < -0.4 is 19.1 Å². The Morgan fingerprint density at radius 1 is 1.13 bits per heavy atom. The summed E-state index contributed by atoms with van der Waals surface area (Å²) in [4.78, 5) is 30.2. The second-order valence-corrected chi connectivity index (χ2v) is 17.6. The van der Waals surface area contributed by atoms with Gasteiger partial charge in [0.1, 0.15) is 27.3 Å². The van der Waals surface area contributed by atoms with Crippen LogP contribution >= 0.6 is 11.6 Å². The number of methoxy groups -OCH3 is 1. The van der Waals surface area contributed by atoms with Crippen molar-refractivity contribution in [1.29, 1.82) is 0 Å². The van der Waals surface area contributed by atoms with E-state index < -0.39 is 33.8 Å². The number of benzene rings is 2. The maximum Gasteiger partial charge on any atom is 0.286 e. The molecule has 1 N–H and O–H groups in total. The smallest absolute Gasteiger partial charge is 0.286 e. The topological polar surface area (TPSA) is 134 Å². The lowest BCUT2D eigenvalue weighted by molar-refractivity contribution is -0.136. The minimum absolute atomic E-state index is 0.0661. The molecule has 1 unspecified atom stereocenters. The number of aromatic nitrogens is 2. The van der Waals surface area contributed by atoms with Gasteiger partial charge in [-0.3, -0.25) is 19.0 Å². The average molecular weight is 764 g/mol. The molecule has 2 aromatic carbocycles. The van der Waals surface area contributed by atoms with Crippen LogP contribution in [0.5, 0.6) is 11.6 Å². The van der Waals surface area contributed by atoms with Gasteiger partial charge < -0.3 is 23.8 Å². The minimum atomic E-state index is -3.72. The molecule has 8 rings (SSSR count). The van der Waals surface area contributed by atoms with E-state index in [2.05, 4.69) is 43.4 Å². The summed E-state index contributed by atoms with van der Waals surface area (Å²) < 4.78 is 47.6. The highest BCUT2D eigenvalue weighted by molar-refractivity contribution is 7.92. The molecule has 7 atom stereocenters. The van der Waals surface area contributed by atoms with Crippen LogP contribution in [0.4, 0.5) is 5.69 Å². The summed E-state index contributed by atoms with van der Waals surface area (Å²) in [5.41, 5.74) is 3.38. The number of fused-ring (bicyclic) bond motifs is 5. The zero-order chi connectivity index (χ0) is 36.9. The fraction of sp³-hybridized carbons (Fsp3) is 0.513. The fourth-order valence-electron chi connectivity index (χ4n) is 8.78. The van der Waals surface area contributed by atoms with Crippen LogP contribution in [-0.2, 0) is 38.3 Å². The number of aryl methyl sites for hydroxylation is 2. The Labute approximate surface area is 315 Å². The summed E-state index contributed by atoms with van der Waals surface area (Å²) in [6, 6.07) is 11.5. The summed E-state index contributed by atoms with van der Waals surface area (Å²) in [6.45, 7) is 4.67. The van der Waals surface area contributed by atoms with E-state index in [1.807, 2.05) is 25.1 Å². The summed E-state index contributed by atoms with van der Waals surface area (Å²) in [7, 11) is -0.670. The van der Waals surface area contributed by atoms with E-state index in [9.17, 15) is 13.8 Å². The molecule has 1 saturated carbocycles. The molecule has 3 aliphatic heterocycles. The maximum atomic E-state index is 14.9. The summed E-state index contributed by atoms with van der Waals surface area (Å²) in [5.74, 6) is -0.496. The van der Waals surface area contributed by atoms with Crippen molar-refractivity contribution in [2.24, 2.45) is 29.2 Å². The summed E-state index contributed by atoms with van der Waals surface area (Å²) in [6.07, 6.45) is 10.1. The lowest BCUT2D eigenvalue weighted by Gasteiger charge is -2.44. The predicted octanol–water partition coefficient (Wildman–Crippen LogP) is 5.52. The highest BCUT2D eigenvalue weighted by Gasteiger charge is 2.44. The van der Waals surface area contributed by atoms with Crippen LogP contribution in [0.25, 0.3) is 0 Å². The van der Waals surface area contributed by atoms with Crippen molar-refractivity contribution in [2.45, 2.75) is 56.7 Å². The molecule has 5 aliphatic rings. The van der Waals surface area contributed by atoms with E-state index in [0.29, 0.717) is 44.0 Å². The van der Waals surface area contributed by atoms with Crippen molar-refractivity contribution in [1.82, 2.24) is 14.5 Å². The van der Waals surface area contributed by atoms with Gasteiger partial charge in [0.2, 0.25) is 5.88 Å². The second kappa shape index (κ2) is 14.4. The molecule has 1 aromatic heterocycles. The van der Waals surface area contributed by atoms with Crippen LogP contribution in [-0.4, -0.2) is 83.8 Å². The SMILES string of the molecule is COc1nn(C)cc1C(=O)NS1(=O)=NC(=O)c2ccc3c(c2)N(C[C@@H]2CC[C@H]2/C=C\[C@@H]2OCCO[C@@H]2[C@H](C)C1)C[C@@]1(CCCc2cc(Cl)ccc21)CO3. The standard InChI is InChI=1S/C39H46ClN5O7S/c1-24-21-53(48,43-37(47)30-20-44(2)41-38(30)49-3)42-36(46)27-9-12-33-32(18-27)45(19-28-7-6-25(28)8-13-34-35(24)51-16-15-50-34)22-39(23-52-33)14-4-5-26-17-29(40)10-11-31(26)39/h8-13,17-18,20,24-25,28,34-35H,4-7,14-16,19,21-23H2,1-3H3,(H,42,43,46,47,48)/b13-8-/t24-,25+,28+,34+,35-,39+,53?/m1/s1. The Kier molecular flexibility index (Phi) is 9.80. The van der Waals surface area contributed by atoms with Crippen LogP contribution in [0.2, 0.25) is 5.02 Å². The molecule has 2 bridgehead atoms. The number of hydrogen-bond donors (Lipinski definition) is 1. The van der Waals surface area contributed by atoms with E-state index in [-0.39, 0.29) is 34.3 Å². The largest absolute Gasteiger partial charge is 0.490 e. The molecular formula is C39H46ClN5O7S. The Hall–Kier alpha value is -3.91. The average Bonchev–Trinajstić information content (AvgIpc) is 3.45. The van der Waals surface area contributed by atoms with Crippen molar-refractivity contribution >= 4 is 39.0 Å². The lowest BCUT2D eigenvalue weighted by atomic mass is 9.69. The van der Waals surface area contributed by atoms with Crippen molar-refractivity contribution in [3.05, 3.63) is 82.0 Å². The highest BCUT2D eigenvalue weighted by Crippen LogP contribution is 2.46. The van der Waals surface area contributed by atoms with E-state index >= 15 is 0 Å². The number of allylic oxidation sites excluding steroid dienone is 1. The van der Waals surface area contributed by atoms with Gasteiger partial charge >= 0.3 is 0 Å². The minimum Gasteiger partial charge on any atom is -0.490 e. The number of nitrogens with one attached hydrogen (secondary N) is 1. The number of amides is 2. The van der Waals surface area contributed by atoms with Crippen molar-refractivity contribution in [3.63, 3.8) is 0 Å². The lowest BCUT2D eigenvalue weighted by Crippen LogP contribution is -2.48. The second-order valence-electron chi connectivity index (χ2n) is 15.2. The third-order valence-electron chi connectivity index (χ3n) is 11.6. The Bertz CT molecular complexity index is 2080. The highest BCUT2D eigenvalue weighted by atomic mass is 35.5. The van der Waals surface area contributed by atoms with Crippen LogP contribution in [0, 0.1) is 17.8 Å². The van der Waals surface area contributed by atoms with Gasteiger partial charge in [-0.25, -0.2) is 4.21 Å². The number of nitrogens with zero attached hydrogens (tertiary/aromatic N) is 4. The molecule has 2 amide bonds. The summed E-state index contributed by atoms with van der Waals surface area (Å²) in [5, 5.41) is 4.90. The first kappa shape index (κ1) is 36.1. The van der Waals surface area contributed by atoms with E-state index in [1.165, 1.54) is 29.1 Å². The van der Waals surface area contributed by atoms with Crippen molar-refractivity contribution < 1.29 is 32.7 Å². The Morgan fingerprint density at radius 3 is 2.79 bits per heavy atom. The third kappa shape index (κ3) is 7.08. The number of carbonyl (C=O) groups is 2. The molecule has 3 aromatic rings. The number of halogens is 1. The molecule has 282 valence electrons. The van der Waals surface area contributed by atoms with Gasteiger partial charge in [0.15, 0.2) is 0 Å². The van der Waals surface area contributed by atoms with Gasteiger partial charge in [0.05, 0.1) is 44.5 Å². The van der Waals surface area contributed by atoms with Gasteiger partial charge in [-0.05, 0) is 91.3 Å². The van der Waals surface area contributed by atoms with Gasteiger partial charge in [-0.2, -0.15) is 0 Å². The van der Waals surface area contributed by atoms with E-state index in [4.69, 9.17) is 30.5 Å². The Morgan fingerprint density at radius 2 is 1.98 bits per heavy atom. The van der Waals surface area contributed by atoms with Crippen molar-refractivity contribution in [2.75, 3.05) is 50.7 Å². The first-order valence-corrected chi connectivity index (χ1v) is 20.5. The normalized spacial score (nSPS) is 31.7. The van der Waals surface area contributed by atoms with Gasteiger partial charge in [0, 0.05) is 42.3 Å². The molecule has 1 spiro atoms. The molecular weight excluding hydrogens is 718 g/mol. The molecule has 14 heteroatoms. The zero-order valence-corrected chi connectivity index (χ0v) is 31.9. The molecule has 4 heterocycles. The van der Waals surface area contributed by atoms with Crippen LogP contribution in [0.3, 0.4) is 0 Å². The van der Waals surface area contributed by atoms with Crippen molar-refractivity contribution in [3.8, 4) is 11.6 Å². The molecule has 0 radical (unpaired) electrons.